The number of likely N-dealkylation sites (tertiary alicyclic amines) is 1. The van der Waals surface area contributed by atoms with Gasteiger partial charge in [-0.05, 0) is 23.1 Å². The minimum atomic E-state index is 0. The Balaban J connectivity index is 0.00000144. The van der Waals surface area contributed by atoms with Crippen LogP contribution in [-0.2, 0) is 5.41 Å². The highest BCUT2D eigenvalue weighted by Gasteiger charge is 2.29. The Morgan fingerprint density at radius 2 is 1.41 bits per heavy atom. The van der Waals surface area contributed by atoms with Crippen LogP contribution < -0.4 is 28.5 Å². The van der Waals surface area contributed by atoms with Gasteiger partial charge in [0, 0.05) is 12.8 Å². The molecule has 1 aromatic rings. The smallest absolute Gasteiger partial charge is 0.132 e. The summed E-state index contributed by atoms with van der Waals surface area (Å²) < 4.78 is 1.13. The van der Waals surface area contributed by atoms with Crippen LogP contribution in [0.2, 0.25) is 0 Å². The maximum Gasteiger partial charge on any atom is 0.132 e. The van der Waals surface area contributed by atoms with Crippen LogP contribution in [0, 0.1) is 0 Å². The molecular formula is C15H24IN. The van der Waals surface area contributed by atoms with E-state index in [1.165, 1.54) is 37.2 Å². The number of halogens is 1. The van der Waals surface area contributed by atoms with E-state index in [1.54, 1.807) is 0 Å². The average Bonchev–Trinajstić information content (AvgIpc) is 2.66. The zero-order chi connectivity index (χ0) is 11.8. The van der Waals surface area contributed by atoms with Gasteiger partial charge in [0.05, 0.1) is 20.1 Å². The molecule has 0 saturated carbocycles. The molecule has 1 aromatic carbocycles. The first-order valence-corrected chi connectivity index (χ1v) is 6.37. The van der Waals surface area contributed by atoms with Crippen molar-refractivity contribution in [3.63, 3.8) is 0 Å². The molecule has 17 heavy (non-hydrogen) atoms. The lowest BCUT2D eigenvalue weighted by atomic mass is 9.87. The summed E-state index contributed by atoms with van der Waals surface area (Å²) in [5.74, 6) is 0. The van der Waals surface area contributed by atoms with Gasteiger partial charge in [0.1, 0.15) is 5.69 Å². The van der Waals surface area contributed by atoms with Crippen molar-refractivity contribution in [3.8, 4) is 0 Å². The van der Waals surface area contributed by atoms with Crippen molar-refractivity contribution in [1.29, 1.82) is 0 Å². The fraction of sp³-hybridized carbons (Fsp3) is 0.600. The number of nitrogens with zero attached hydrogens (tertiary/aromatic N) is 1. The van der Waals surface area contributed by atoms with Gasteiger partial charge in [0.15, 0.2) is 0 Å². The van der Waals surface area contributed by atoms with Crippen molar-refractivity contribution in [3.05, 3.63) is 29.8 Å². The molecule has 1 heterocycles. The molecule has 0 atom stereocenters. The molecule has 1 aliphatic rings. The largest absolute Gasteiger partial charge is 1.00 e. The zero-order valence-electron chi connectivity index (χ0n) is 11.5. The van der Waals surface area contributed by atoms with Crippen molar-refractivity contribution in [2.24, 2.45) is 0 Å². The summed E-state index contributed by atoms with van der Waals surface area (Å²) >= 11 is 0. The fourth-order valence-corrected chi connectivity index (χ4v) is 2.61. The van der Waals surface area contributed by atoms with Gasteiger partial charge in [-0.2, -0.15) is 0 Å². The average molecular weight is 345 g/mol. The van der Waals surface area contributed by atoms with Crippen molar-refractivity contribution in [1.82, 2.24) is 4.48 Å². The summed E-state index contributed by atoms with van der Waals surface area (Å²) in [5.41, 5.74) is 3.18. The van der Waals surface area contributed by atoms with Gasteiger partial charge in [-0.25, -0.2) is 0 Å². The molecule has 0 N–H and O–H groups in total. The molecule has 2 heteroatoms. The molecule has 2 rings (SSSR count). The third kappa shape index (κ3) is 3.22. The van der Waals surface area contributed by atoms with E-state index < -0.39 is 0 Å². The van der Waals surface area contributed by atoms with Crippen molar-refractivity contribution >= 4 is 5.69 Å². The van der Waals surface area contributed by atoms with E-state index >= 15 is 0 Å². The second-order valence-corrected chi connectivity index (χ2v) is 6.35. The van der Waals surface area contributed by atoms with E-state index in [4.69, 9.17) is 0 Å². The third-order valence-corrected chi connectivity index (χ3v) is 3.91. The van der Waals surface area contributed by atoms with Crippen LogP contribution in [0.15, 0.2) is 24.3 Å². The Morgan fingerprint density at radius 1 is 0.941 bits per heavy atom. The summed E-state index contributed by atoms with van der Waals surface area (Å²) in [5, 5.41) is 0. The molecule has 1 saturated heterocycles. The first kappa shape index (κ1) is 15.0. The van der Waals surface area contributed by atoms with Crippen LogP contribution in [-0.4, -0.2) is 20.1 Å². The van der Waals surface area contributed by atoms with E-state index in [0.717, 1.165) is 4.48 Å². The van der Waals surface area contributed by atoms with Crippen LogP contribution in [0.25, 0.3) is 0 Å². The van der Waals surface area contributed by atoms with Gasteiger partial charge in [0.2, 0.25) is 0 Å². The Morgan fingerprint density at radius 3 is 1.82 bits per heavy atom. The first-order chi connectivity index (χ1) is 7.42. The van der Waals surface area contributed by atoms with Gasteiger partial charge in [0.25, 0.3) is 0 Å². The fourth-order valence-electron chi connectivity index (χ4n) is 2.61. The monoisotopic (exact) mass is 345 g/mol. The van der Waals surface area contributed by atoms with Gasteiger partial charge in [-0.1, -0.05) is 32.9 Å². The van der Waals surface area contributed by atoms with Crippen molar-refractivity contribution in [2.75, 3.05) is 20.1 Å². The van der Waals surface area contributed by atoms with Crippen LogP contribution in [0.4, 0.5) is 5.69 Å². The maximum atomic E-state index is 2.36. The highest BCUT2D eigenvalue weighted by atomic mass is 127. The predicted molar refractivity (Wildman–Crippen MR) is 71.8 cm³/mol. The molecule has 0 bridgehead atoms. The lowest BCUT2D eigenvalue weighted by Crippen LogP contribution is -3.00. The first-order valence-electron chi connectivity index (χ1n) is 6.37. The molecular weight excluding hydrogens is 321 g/mol. The summed E-state index contributed by atoms with van der Waals surface area (Å²) in [6.07, 6.45) is 2.75. The number of quaternary nitrogens is 1. The minimum Gasteiger partial charge on any atom is -1.00 e. The number of hydrogen-bond donors (Lipinski definition) is 0. The summed E-state index contributed by atoms with van der Waals surface area (Å²) in [4.78, 5) is 0. The van der Waals surface area contributed by atoms with Crippen molar-refractivity contribution < 1.29 is 24.0 Å². The molecule has 1 fully saturated rings. The molecule has 0 aromatic heterocycles. The minimum absolute atomic E-state index is 0. The maximum absolute atomic E-state index is 2.36. The lowest BCUT2D eigenvalue weighted by molar-refractivity contribution is -0.00000387. The summed E-state index contributed by atoms with van der Waals surface area (Å²) in [7, 11) is 2.36. The second kappa shape index (κ2) is 5.27. The third-order valence-electron chi connectivity index (χ3n) is 3.91. The molecule has 0 unspecified atom stereocenters. The molecule has 1 nitrogen and oxygen atoms in total. The van der Waals surface area contributed by atoms with Crippen LogP contribution >= 0.6 is 0 Å². The SMILES string of the molecule is CC(C)(C)c1ccc([N+]2(C)CCCC2)cc1.[I-]. The van der Waals surface area contributed by atoms with Gasteiger partial charge in [-0.15, -0.1) is 0 Å². The Hall–Kier alpha value is -0.0900. The van der Waals surface area contributed by atoms with E-state index in [1.807, 2.05) is 0 Å². The predicted octanol–water partition coefficient (Wildman–Crippen LogP) is 0.719. The Kier molecular flexibility index (Phi) is 4.64. The van der Waals surface area contributed by atoms with E-state index in [0.29, 0.717) is 0 Å². The van der Waals surface area contributed by atoms with Gasteiger partial charge in [-0.3, -0.25) is 4.48 Å². The van der Waals surface area contributed by atoms with Gasteiger partial charge >= 0.3 is 0 Å². The lowest BCUT2D eigenvalue weighted by Gasteiger charge is -2.29. The second-order valence-electron chi connectivity index (χ2n) is 6.35. The standard InChI is InChI=1S/C15H24N.HI/c1-15(2,3)13-7-9-14(10-8-13)16(4)11-5-6-12-16;/h7-10H,5-6,11-12H2,1-4H3;1H/q+1;/p-1. The summed E-state index contributed by atoms with van der Waals surface area (Å²) in [6.45, 7) is 9.42. The Labute approximate surface area is 123 Å². The molecule has 0 radical (unpaired) electrons. The highest BCUT2D eigenvalue weighted by Crippen LogP contribution is 2.30. The molecule has 1 aliphatic heterocycles. The quantitative estimate of drug-likeness (QED) is 0.520. The van der Waals surface area contributed by atoms with Crippen LogP contribution in [0.3, 0.4) is 0 Å². The topological polar surface area (TPSA) is 0 Å². The van der Waals surface area contributed by atoms with Gasteiger partial charge < -0.3 is 24.0 Å². The summed E-state index contributed by atoms with van der Waals surface area (Å²) in [6, 6.07) is 9.26. The number of benzene rings is 1. The Bertz CT molecular complexity index is 356. The zero-order valence-corrected chi connectivity index (χ0v) is 13.6. The van der Waals surface area contributed by atoms with Crippen LogP contribution in [0.1, 0.15) is 39.2 Å². The molecule has 0 aliphatic carbocycles. The van der Waals surface area contributed by atoms with E-state index in [9.17, 15) is 0 Å². The molecule has 0 amide bonds. The van der Waals surface area contributed by atoms with E-state index in [-0.39, 0.29) is 29.4 Å². The normalized spacial score (nSPS) is 18.8. The van der Waals surface area contributed by atoms with Crippen molar-refractivity contribution in [2.45, 2.75) is 39.0 Å². The number of hydrogen-bond acceptors (Lipinski definition) is 0. The number of rotatable bonds is 1. The molecule has 96 valence electrons. The highest BCUT2D eigenvalue weighted by molar-refractivity contribution is 5.45. The van der Waals surface area contributed by atoms with E-state index in [2.05, 4.69) is 52.1 Å². The van der Waals surface area contributed by atoms with Crippen LogP contribution in [0.5, 0.6) is 0 Å². The molecule has 0 spiro atoms.